The fourth-order valence-corrected chi connectivity index (χ4v) is 4.69. The minimum Gasteiger partial charge on any atom is -0.0847 e. The van der Waals surface area contributed by atoms with Crippen molar-refractivity contribution in [3.8, 4) is 0 Å². The molecule has 4 unspecified atom stereocenters. The smallest absolute Gasteiger partial charge is 0 e. The van der Waals surface area contributed by atoms with Gasteiger partial charge >= 0.3 is 0 Å². The lowest BCUT2D eigenvalue weighted by molar-refractivity contribution is 0.0841. The number of hydrogen-bond acceptors (Lipinski definition) is 0. The summed E-state index contributed by atoms with van der Waals surface area (Å²) in [6.07, 6.45) is 14.5. The summed E-state index contributed by atoms with van der Waals surface area (Å²) in [5.74, 6) is 4.27. The molecule has 3 rings (SSSR count). The molecular formula is C15H26. The first-order valence-corrected chi connectivity index (χ1v) is 7.09. The van der Waals surface area contributed by atoms with Crippen LogP contribution in [0.3, 0.4) is 0 Å². The molecule has 3 aliphatic carbocycles. The van der Waals surface area contributed by atoms with Crippen molar-refractivity contribution in [2.75, 3.05) is 0 Å². The maximum absolute atomic E-state index is 2.59. The molecule has 0 heterocycles. The van der Waals surface area contributed by atoms with Gasteiger partial charge in [0.05, 0.1) is 0 Å². The van der Waals surface area contributed by atoms with Gasteiger partial charge in [0.2, 0.25) is 0 Å². The molecule has 15 heavy (non-hydrogen) atoms. The molecule has 0 spiro atoms. The third kappa shape index (κ3) is 1.57. The molecular weight excluding hydrogens is 180 g/mol. The second kappa shape index (κ2) is 3.96. The Labute approximate surface area is 95.6 Å². The predicted octanol–water partition coefficient (Wildman–Crippen LogP) is 4.81. The van der Waals surface area contributed by atoms with Crippen LogP contribution >= 0.6 is 0 Å². The molecule has 0 aliphatic heterocycles. The van der Waals surface area contributed by atoms with E-state index in [-0.39, 0.29) is 1.43 Å². The van der Waals surface area contributed by atoms with E-state index >= 15 is 0 Å². The zero-order valence-electron chi connectivity index (χ0n) is 10.0. The molecule has 0 aromatic carbocycles. The third-order valence-corrected chi connectivity index (χ3v) is 5.36. The molecule has 2 saturated carbocycles. The highest BCUT2D eigenvalue weighted by Gasteiger charge is 2.42. The van der Waals surface area contributed by atoms with Gasteiger partial charge in [-0.1, -0.05) is 37.8 Å². The molecule has 0 saturated heterocycles. The first kappa shape index (κ1) is 9.93. The van der Waals surface area contributed by atoms with Crippen molar-refractivity contribution in [3.05, 3.63) is 11.6 Å². The van der Waals surface area contributed by atoms with Crippen molar-refractivity contribution in [3.63, 3.8) is 0 Å². The topological polar surface area (TPSA) is 0 Å². The van der Waals surface area contributed by atoms with Crippen molar-refractivity contribution in [1.29, 1.82) is 0 Å². The average Bonchev–Trinajstić information content (AvgIpc) is 2.72. The zero-order valence-corrected chi connectivity index (χ0v) is 10.0. The van der Waals surface area contributed by atoms with E-state index < -0.39 is 0 Å². The molecule has 0 heteroatoms. The zero-order chi connectivity index (χ0) is 10.3. The van der Waals surface area contributed by atoms with E-state index in [4.69, 9.17) is 0 Å². The summed E-state index contributed by atoms with van der Waals surface area (Å²) in [7, 11) is 0. The minimum absolute atomic E-state index is 0. The van der Waals surface area contributed by atoms with Gasteiger partial charge in [-0.2, -0.15) is 0 Å². The summed E-state index contributed by atoms with van der Waals surface area (Å²) in [4.78, 5) is 0. The van der Waals surface area contributed by atoms with E-state index in [1.54, 1.807) is 19.3 Å². The van der Waals surface area contributed by atoms with Crippen molar-refractivity contribution in [2.45, 2.75) is 58.3 Å². The van der Waals surface area contributed by atoms with E-state index in [0.717, 1.165) is 23.7 Å². The SMILES string of the molecule is CCC1=CCC2CCC3CCCCC3C12.[HH]. The maximum Gasteiger partial charge on any atom is 0 e. The van der Waals surface area contributed by atoms with Gasteiger partial charge in [-0.25, -0.2) is 0 Å². The van der Waals surface area contributed by atoms with Crippen LogP contribution in [0.2, 0.25) is 0 Å². The molecule has 0 amide bonds. The second-order valence-electron chi connectivity index (χ2n) is 5.94. The van der Waals surface area contributed by atoms with Gasteiger partial charge in [0.1, 0.15) is 0 Å². The number of hydrogen-bond donors (Lipinski definition) is 0. The van der Waals surface area contributed by atoms with Gasteiger partial charge in [-0.05, 0) is 55.8 Å². The van der Waals surface area contributed by atoms with Crippen LogP contribution in [-0.4, -0.2) is 0 Å². The molecule has 86 valence electrons. The van der Waals surface area contributed by atoms with Crippen LogP contribution in [0.25, 0.3) is 0 Å². The largest absolute Gasteiger partial charge is 0.0847 e. The van der Waals surface area contributed by atoms with E-state index in [2.05, 4.69) is 13.0 Å². The highest BCUT2D eigenvalue weighted by Crippen LogP contribution is 2.53. The first-order valence-electron chi connectivity index (χ1n) is 7.09. The molecule has 3 aliphatic rings. The molecule has 0 nitrogen and oxygen atoms in total. The number of allylic oxidation sites excluding steroid dienone is 2. The van der Waals surface area contributed by atoms with E-state index in [1.807, 2.05) is 5.57 Å². The lowest BCUT2D eigenvalue weighted by Gasteiger charge is -2.44. The lowest BCUT2D eigenvalue weighted by atomic mass is 9.61. The molecule has 0 radical (unpaired) electrons. The Kier molecular flexibility index (Phi) is 2.62. The number of fused-ring (bicyclic) bond motifs is 3. The van der Waals surface area contributed by atoms with Crippen LogP contribution in [0.4, 0.5) is 0 Å². The third-order valence-electron chi connectivity index (χ3n) is 5.36. The summed E-state index contributed by atoms with van der Waals surface area (Å²) >= 11 is 0. The summed E-state index contributed by atoms with van der Waals surface area (Å²) in [5, 5.41) is 0. The van der Waals surface area contributed by atoms with Crippen LogP contribution < -0.4 is 0 Å². The second-order valence-corrected chi connectivity index (χ2v) is 5.94. The number of rotatable bonds is 1. The van der Waals surface area contributed by atoms with E-state index in [9.17, 15) is 0 Å². The van der Waals surface area contributed by atoms with Gasteiger partial charge in [-0.3, -0.25) is 0 Å². The van der Waals surface area contributed by atoms with Crippen molar-refractivity contribution < 1.29 is 1.43 Å². The Morgan fingerprint density at radius 3 is 2.80 bits per heavy atom. The van der Waals surface area contributed by atoms with Crippen molar-refractivity contribution >= 4 is 0 Å². The van der Waals surface area contributed by atoms with Crippen LogP contribution in [0, 0.1) is 23.7 Å². The first-order chi connectivity index (χ1) is 7.40. The minimum atomic E-state index is 0. The van der Waals surface area contributed by atoms with E-state index in [0.29, 0.717) is 0 Å². The monoisotopic (exact) mass is 206 g/mol. The van der Waals surface area contributed by atoms with E-state index in [1.165, 1.54) is 32.1 Å². The van der Waals surface area contributed by atoms with Crippen LogP contribution in [0.15, 0.2) is 11.6 Å². The van der Waals surface area contributed by atoms with Gasteiger partial charge in [0, 0.05) is 1.43 Å². The average molecular weight is 206 g/mol. The Morgan fingerprint density at radius 2 is 1.93 bits per heavy atom. The Morgan fingerprint density at radius 1 is 1.13 bits per heavy atom. The fraction of sp³-hybridized carbons (Fsp3) is 0.867. The van der Waals surface area contributed by atoms with Gasteiger partial charge in [0.15, 0.2) is 0 Å². The van der Waals surface area contributed by atoms with Crippen LogP contribution in [0.1, 0.15) is 59.7 Å². The van der Waals surface area contributed by atoms with Crippen molar-refractivity contribution in [1.82, 2.24) is 0 Å². The highest BCUT2D eigenvalue weighted by atomic mass is 14.5. The standard InChI is InChI=1S/C15H24.H2/c1-2-11-7-9-13-10-8-12-5-3-4-6-14(12)15(11)13;/h7,12-15H,2-6,8-10H2,1H3;1H. The lowest BCUT2D eigenvalue weighted by Crippen LogP contribution is -2.35. The van der Waals surface area contributed by atoms with Crippen LogP contribution in [0.5, 0.6) is 0 Å². The van der Waals surface area contributed by atoms with Crippen molar-refractivity contribution in [2.24, 2.45) is 23.7 Å². The van der Waals surface area contributed by atoms with Gasteiger partial charge in [-0.15, -0.1) is 0 Å². The quantitative estimate of drug-likeness (QED) is 0.540. The fourth-order valence-electron chi connectivity index (χ4n) is 4.69. The molecule has 0 aromatic heterocycles. The highest BCUT2D eigenvalue weighted by molar-refractivity contribution is 5.18. The molecule has 0 aromatic rings. The predicted molar refractivity (Wildman–Crippen MR) is 66.8 cm³/mol. The summed E-state index contributed by atoms with van der Waals surface area (Å²) < 4.78 is 0. The summed E-state index contributed by atoms with van der Waals surface area (Å²) in [5.41, 5.74) is 1.83. The molecule has 0 N–H and O–H groups in total. The molecule has 0 bridgehead atoms. The van der Waals surface area contributed by atoms with Gasteiger partial charge in [0.25, 0.3) is 0 Å². The molecule has 2 fully saturated rings. The summed E-state index contributed by atoms with van der Waals surface area (Å²) in [6.45, 7) is 2.36. The maximum atomic E-state index is 2.59. The van der Waals surface area contributed by atoms with Gasteiger partial charge < -0.3 is 0 Å². The van der Waals surface area contributed by atoms with Crippen LogP contribution in [-0.2, 0) is 0 Å². The summed E-state index contributed by atoms with van der Waals surface area (Å²) in [6, 6.07) is 0. The Hall–Kier alpha value is -0.260. The normalized spacial score (nSPS) is 44.5. The molecule has 4 atom stereocenters. The Bertz CT molecular complexity index is 269. The Balaban J connectivity index is 0.000000963.